The molecule has 0 aromatic heterocycles. The second-order valence-corrected chi connectivity index (χ2v) is 3.52. The molecule has 1 N–H and O–H groups in total. The molecule has 0 fully saturated rings. The summed E-state index contributed by atoms with van der Waals surface area (Å²) >= 11 is 0. The molecule has 88 valence electrons. The molecule has 0 aliphatic heterocycles. The molecular formula is C11H11F3O2. The van der Waals surface area contributed by atoms with Crippen LogP contribution in [-0.4, -0.2) is 17.5 Å². The highest BCUT2D eigenvalue weighted by Crippen LogP contribution is 2.29. The molecule has 1 aromatic rings. The maximum Gasteiger partial charge on any atom is 0.304 e. The molecule has 1 rings (SSSR count). The largest absolute Gasteiger partial charge is 0.481 e. The summed E-state index contributed by atoms with van der Waals surface area (Å²) in [6, 6.07) is 4.08. The maximum atomic E-state index is 13.5. The molecule has 16 heavy (non-hydrogen) atoms. The van der Waals surface area contributed by atoms with Gasteiger partial charge in [0.2, 0.25) is 6.43 Å². The van der Waals surface area contributed by atoms with Crippen LogP contribution in [0.1, 0.15) is 23.5 Å². The molecule has 0 bridgehead atoms. The van der Waals surface area contributed by atoms with E-state index in [1.165, 1.54) is 25.1 Å². The van der Waals surface area contributed by atoms with Gasteiger partial charge in [-0.05, 0) is 18.1 Å². The third-order valence-electron chi connectivity index (χ3n) is 2.32. The monoisotopic (exact) mass is 232 g/mol. The van der Waals surface area contributed by atoms with Crippen LogP contribution < -0.4 is 0 Å². The molecule has 0 radical (unpaired) electrons. The van der Waals surface area contributed by atoms with Crippen molar-refractivity contribution >= 4 is 5.97 Å². The molecule has 0 saturated carbocycles. The van der Waals surface area contributed by atoms with E-state index in [4.69, 9.17) is 5.11 Å². The van der Waals surface area contributed by atoms with Crippen LogP contribution >= 0.6 is 0 Å². The van der Waals surface area contributed by atoms with Gasteiger partial charge in [0.1, 0.15) is 5.82 Å². The van der Waals surface area contributed by atoms with Gasteiger partial charge in [-0.15, -0.1) is 0 Å². The van der Waals surface area contributed by atoms with Gasteiger partial charge in [-0.1, -0.05) is 18.2 Å². The summed E-state index contributed by atoms with van der Waals surface area (Å²) in [5, 5.41) is 8.50. The molecule has 0 spiro atoms. The highest BCUT2D eigenvalue weighted by molar-refractivity contribution is 5.68. The third kappa shape index (κ3) is 2.74. The van der Waals surface area contributed by atoms with Gasteiger partial charge in [0.25, 0.3) is 0 Å². The zero-order valence-electron chi connectivity index (χ0n) is 8.58. The van der Waals surface area contributed by atoms with Crippen molar-refractivity contribution in [3.05, 3.63) is 35.1 Å². The topological polar surface area (TPSA) is 37.3 Å². The number of aliphatic carboxylic acids is 1. The molecular weight excluding hydrogens is 221 g/mol. The van der Waals surface area contributed by atoms with Crippen LogP contribution in [0.5, 0.6) is 0 Å². The van der Waals surface area contributed by atoms with E-state index in [2.05, 4.69) is 0 Å². The van der Waals surface area contributed by atoms with Gasteiger partial charge in [0.15, 0.2) is 0 Å². The van der Waals surface area contributed by atoms with Crippen molar-refractivity contribution in [1.29, 1.82) is 0 Å². The Kier molecular flexibility index (Phi) is 3.93. The fraction of sp³-hybridized carbons (Fsp3) is 0.364. The zero-order chi connectivity index (χ0) is 12.3. The number of carboxylic acid groups (broad SMARTS) is 1. The van der Waals surface area contributed by atoms with Gasteiger partial charge >= 0.3 is 5.97 Å². The van der Waals surface area contributed by atoms with Crippen molar-refractivity contribution in [1.82, 2.24) is 0 Å². The Hall–Kier alpha value is -1.52. The van der Waals surface area contributed by atoms with Crippen LogP contribution in [0.25, 0.3) is 0 Å². The molecule has 0 aliphatic carbocycles. The average molecular weight is 232 g/mol. The SMILES string of the molecule is Cc1cccc(C(CC(=O)O)C(F)F)c1F. The van der Waals surface area contributed by atoms with Gasteiger partial charge in [-0.3, -0.25) is 4.79 Å². The van der Waals surface area contributed by atoms with E-state index in [9.17, 15) is 18.0 Å². The highest BCUT2D eigenvalue weighted by atomic mass is 19.3. The van der Waals surface area contributed by atoms with E-state index >= 15 is 0 Å². The summed E-state index contributed by atoms with van der Waals surface area (Å²) in [5.74, 6) is -3.72. The van der Waals surface area contributed by atoms with Gasteiger partial charge in [0.05, 0.1) is 12.3 Å². The summed E-state index contributed by atoms with van der Waals surface area (Å²) < 4.78 is 38.8. The average Bonchev–Trinajstić information content (AvgIpc) is 2.18. The number of hydrogen-bond donors (Lipinski definition) is 1. The number of benzene rings is 1. The number of halogens is 3. The summed E-state index contributed by atoms with van der Waals surface area (Å²) in [6.45, 7) is 1.45. The number of carbonyl (C=O) groups is 1. The Morgan fingerprint density at radius 1 is 1.44 bits per heavy atom. The van der Waals surface area contributed by atoms with Crippen LogP contribution in [0.2, 0.25) is 0 Å². The number of alkyl halides is 2. The van der Waals surface area contributed by atoms with Gasteiger partial charge < -0.3 is 5.11 Å². The van der Waals surface area contributed by atoms with E-state index in [1.54, 1.807) is 0 Å². The van der Waals surface area contributed by atoms with E-state index < -0.39 is 30.6 Å². The first-order valence-electron chi connectivity index (χ1n) is 4.68. The van der Waals surface area contributed by atoms with Crippen molar-refractivity contribution in [2.45, 2.75) is 25.7 Å². The molecule has 5 heteroatoms. The minimum Gasteiger partial charge on any atom is -0.481 e. The van der Waals surface area contributed by atoms with Crippen molar-refractivity contribution in [3.8, 4) is 0 Å². The minimum atomic E-state index is -2.90. The Morgan fingerprint density at radius 3 is 2.56 bits per heavy atom. The standard InChI is InChI=1S/C11H11F3O2/c1-6-3-2-4-7(10(6)12)8(11(13)14)5-9(15)16/h2-4,8,11H,5H2,1H3,(H,15,16). The molecule has 1 aromatic carbocycles. The lowest BCUT2D eigenvalue weighted by atomic mass is 9.94. The highest BCUT2D eigenvalue weighted by Gasteiger charge is 2.28. The van der Waals surface area contributed by atoms with Crippen LogP contribution in [0.4, 0.5) is 13.2 Å². The van der Waals surface area contributed by atoms with E-state index in [-0.39, 0.29) is 11.1 Å². The van der Waals surface area contributed by atoms with Gasteiger partial charge in [0, 0.05) is 0 Å². The minimum absolute atomic E-state index is 0.230. The van der Waals surface area contributed by atoms with Crippen molar-refractivity contribution in [3.63, 3.8) is 0 Å². The Morgan fingerprint density at radius 2 is 2.06 bits per heavy atom. The van der Waals surface area contributed by atoms with Crippen LogP contribution in [0.3, 0.4) is 0 Å². The van der Waals surface area contributed by atoms with E-state index in [0.29, 0.717) is 0 Å². The molecule has 0 heterocycles. The summed E-state index contributed by atoms with van der Waals surface area (Å²) in [7, 11) is 0. The lowest BCUT2D eigenvalue weighted by Gasteiger charge is -2.15. The summed E-state index contributed by atoms with van der Waals surface area (Å²) in [6.07, 6.45) is -3.68. The van der Waals surface area contributed by atoms with Gasteiger partial charge in [-0.2, -0.15) is 0 Å². The lowest BCUT2D eigenvalue weighted by molar-refractivity contribution is -0.138. The van der Waals surface area contributed by atoms with Gasteiger partial charge in [-0.25, -0.2) is 13.2 Å². The first kappa shape index (κ1) is 12.5. The van der Waals surface area contributed by atoms with Crippen molar-refractivity contribution in [2.75, 3.05) is 0 Å². The Bertz CT molecular complexity index is 391. The quantitative estimate of drug-likeness (QED) is 0.866. The lowest BCUT2D eigenvalue weighted by Crippen LogP contribution is -2.16. The summed E-state index contributed by atoms with van der Waals surface area (Å²) in [4.78, 5) is 10.4. The maximum absolute atomic E-state index is 13.5. The second-order valence-electron chi connectivity index (χ2n) is 3.52. The number of rotatable bonds is 4. The Balaban J connectivity index is 3.10. The van der Waals surface area contributed by atoms with Crippen LogP contribution in [-0.2, 0) is 4.79 Å². The number of carboxylic acids is 1. The third-order valence-corrected chi connectivity index (χ3v) is 2.32. The van der Waals surface area contributed by atoms with Crippen molar-refractivity contribution in [2.24, 2.45) is 0 Å². The molecule has 0 amide bonds. The number of hydrogen-bond acceptors (Lipinski definition) is 1. The molecule has 2 nitrogen and oxygen atoms in total. The van der Waals surface area contributed by atoms with Crippen molar-refractivity contribution < 1.29 is 23.1 Å². The molecule has 0 saturated heterocycles. The first-order valence-corrected chi connectivity index (χ1v) is 4.68. The number of aryl methyl sites for hydroxylation is 1. The predicted octanol–water partition coefficient (Wildman–Crippen LogP) is 2.96. The molecule has 0 aliphatic rings. The predicted molar refractivity (Wildman–Crippen MR) is 52.1 cm³/mol. The first-order chi connectivity index (χ1) is 7.43. The zero-order valence-corrected chi connectivity index (χ0v) is 8.58. The smallest absolute Gasteiger partial charge is 0.304 e. The fourth-order valence-electron chi connectivity index (χ4n) is 1.48. The van der Waals surface area contributed by atoms with Crippen LogP contribution in [0.15, 0.2) is 18.2 Å². The van der Waals surface area contributed by atoms with Crippen LogP contribution in [0, 0.1) is 12.7 Å². The Labute approximate surface area is 90.7 Å². The fourth-order valence-corrected chi connectivity index (χ4v) is 1.48. The molecule has 1 unspecified atom stereocenters. The summed E-state index contributed by atoms with van der Waals surface area (Å²) in [5.41, 5.74) is -0.00839. The second kappa shape index (κ2) is 5.01. The van der Waals surface area contributed by atoms with E-state index in [1.807, 2.05) is 0 Å². The molecule has 1 atom stereocenters. The normalized spacial score (nSPS) is 12.8. The van der Waals surface area contributed by atoms with E-state index in [0.717, 1.165) is 0 Å².